The molecule has 18 heavy (non-hydrogen) atoms. The number of amides is 1. The summed E-state index contributed by atoms with van der Waals surface area (Å²) in [6, 6.07) is 0. The van der Waals surface area contributed by atoms with Crippen LogP contribution in [0.3, 0.4) is 0 Å². The summed E-state index contributed by atoms with van der Waals surface area (Å²) in [7, 11) is 0.311. The summed E-state index contributed by atoms with van der Waals surface area (Å²) in [4.78, 5) is 12.3. The first-order valence-corrected chi connectivity index (χ1v) is 7.74. The Morgan fingerprint density at radius 3 is 2.28 bits per heavy atom. The number of hydrazine groups is 1. The summed E-state index contributed by atoms with van der Waals surface area (Å²) in [6.45, 7) is 4.70. The largest absolute Gasteiger partial charge is 0.384 e. The van der Waals surface area contributed by atoms with Crippen LogP contribution < -0.4 is 0 Å². The molecule has 1 aliphatic rings. The van der Waals surface area contributed by atoms with Gasteiger partial charge in [0, 0.05) is 27.2 Å². The van der Waals surface area contributed by atoms with E-state index in [-0.39, 0.29) is 17.4 Å². The Kier molecular flexibility index (Phi) is 4.74. The predicted molar refractivity (Wildman–Crippen MR) is 68.7 cm³/mol. The van der Waals surface area contributed by atoms with Crippen LogP contribution >= 0.6 is 0 Å². The van der Waals surface area contributed by atoms with Crippen LogP contribution in [0.25, 0.3) is 0 Å². The maximum absolute atomic E-state index is 12.3. The minimum atomic E-state index is -2.92. The highest BCUT2D eigenvalue weighted by atomic mass is 32.2. The summed E-state index contributed by atoms with van der Waals surface area (Å²) >= 11 is 0. The van der Waals surface area contributed by atoms with Crippen LogP contribution in [-0.2, 0) is 19.4 Å². The van der Waals surface area contributed by atoms with Gasteiger partial charge in [-0.3, -0.25) is 9.80 Å². The molecule has 0 atom stereocenters. The van der Waals surface area contributed by atoms with E-state index in [1.54, 1.807) is 19.2 Å². The van der Waals surface area contributed by atoms with Gasteiger partial charge in [0.15, 0.2) is 9.84 Å². The highest BCUT2D eigenvalue weighted by Gasteiger charge is 2.34. The summed E-state index contributed by atoms with van der Waals surface area (Å²) in [5.41, 5.74) is -0.611. The van der Waals surface area contributed by atoms with Crippen molar-refractivity contribution in [1.29, 1.82) is 0 Å². The van der Waals surface area contributed by atoms with Crippen LogP contribution in [0.4, 0.5) is 0 Å². The van der Waals surface area contributed by atoms with Crippen molar-refractivity contribution in [3.8, 4) is 0 Å². The first-order chi connectivity index (χ1) is 8.19. The third kappa shape index (κ3) is 3.66. The van der Waals surface area contributed by atoms with Crippen molar-refractivity contribution in [2.75, 3.05) is 45.4 Å². The van der Waals surface area contributed by atoms with Crippen LogP contribution in [0, 0.1) is 5.41 Å². The number of rotatable bonds is 4. The Morgan fingerprint density at radius 2 is 1.83 bits per heavy atom. The molecular formula is C11H22N2O4S. The average molecular weight is 278 g/mol. The topological polar surface area (TPSA) is 66.9 Å². The van der Waals surface area contributed by atoms with Crippen molar-refractivity contribution in [1.82, 2.24) is 10.0 Å². The van der Waals surface area contributed by atoms with Crippen LogP contribution in [0.2, 0.25) is 0 Å². The lowest BCUT2D eigenvalue weighted by Crippen LogP contribution is -2.54. The molecule has 1 heterocycles. The molecule has 0 aliphatic carbocycles. The van der Waals surface area contributed by atoms with Gasteiger partial charge in [-0.25, -0.2) is 13.4 Å². The average Bonchev–Trinajstić information content (AvgIpc) is 2.27. The van der Waals surface area contributed by atoms with E-state index in [2.05, 4.69) is 0 Å². The van der Waals surface area contributed by atoms with Crippen molar-refractivity contribution >= 4 is 15.7 Å². The molecule has 1 amide bonds. The molecular weight excluding hydrogens is 256 g/mol. The zero-order chi connectivity index (χ0) is 14.0. The number of methoxy groups -OCH3 is 1. The predicted octanol–water partition coefficient (Wildman–Crippen LogP) is -0.237. The normalized spacial score (nSPS) is 20.7. The second kappa shape index (κ2) is 5.54. The van der Waals surface area contributed by atoms with Gasteiger partial charge in [-0.2, -0.15) is 0 Å². The fourth-order valence-electron chi connectivity index (χ4n) is 1.99. The molecule has 0 aromatic carbocycles. The standard InChI is InChI=1S/C11H22N2O4S/c1-11(2,9-17-4)10(14)12(3)13-5-7-18(15,16)8-6-13/h5-9H2,1-4H3. The molecule has 0 saturated carbocycles. The first kappa shape index (κ1) is 15.4. The Labute approximate surface area is 109 Å². The van der Waals surface area contributed by atoms with E-state index in [9.17, 15) is 13.2 Å². The van der Waals surface area contributed by atoms with Gasteiger partial charge in [-0.1, -0.05) is 0 Å². The van der Waals surface area contributed by atoms with E-state index >= 15 is 0 Å². The number of sulfone groups is 1. The van der Waals surface area contributed by atoms with Crippen LogP contribution in [0.1, 0.15) is 13.8 Å². The van der Waals surface area contributed by atoms with Gasteiger partial charge in [0.25, 0.3) is 0 Å². The van der Waals surface area contributed by atoms with Gasteiger partial charge < -0.3 is 4.74 Å². The van der Waals surface area contributed by atoms with Crippen LogP contribution in [0.5, 0.6) is 0 Å². The molecule has 106 valence electrons. The SMILES string of the molecule is COCC(C)(C)C(=O)N(C)N1CCS(=O)(=O)CC1. The third-order valence-electron chi connectivity index (χ3n) is 3.12. The Morgan fingerprint density at radius 1 is 1.33 bits per heavy atom. The quantitative estimate of drug-likeness (QED) is 0.710. The summed E-state index contributed by atoms with van der Waals surface area (Å²) in [5, 5.41) is 3.30. The maximum Gasteiger partial charge on any atom is 0.244 e. The van der Waals surface area contributed by atoms with Gasteiger partial charge in [0.05, 0.1) is 23.5 Å². The molecule has 7 heteroatoms. The summed E-state index contributed by atoms with van der Waals surface area (Å²) in [5.74, 6) is 0.147. The molecule has 0 aromatic heterocycles. The smallest absolute Gasteiger partial charge is 0.244 e. The van der Waals surface area contributed by atoms with Crippen LogP contribution in [0.15, 0.2) is 0 Å². The summed E-state index contributed by atoms with van der Waals surface area (Å²) in [6.07, 6.45) is 0. The number of ether oxygens (including phenoxy) is 1. The number of carbonyl (C=O) groups excluding carboxylic acids is 1. The minimum Gasteiger partial charge on any atom is -0.384 e. The second-order valence-corrected chi connectivity index (χ2v) is 7.55. The highest BCUT2D eigenvalue weighted by Crippen LogP contribution is 2.20. The number of hydrogen-bond donors (Lipinski definition) is 0. The van der Waals surface area contributed by atoms with Crippen molar-refractivity contribution in [2.24, 2.45) is 5.41 Å². The first-order valence-electron chi connectivity index (χ1n) is 5.92. The van der Waals surface area contributed by atoms with E-state index in [0.717, 1.165) is 0 Å². The van der Waals surface area contributed by atoms with E-state index in [1.807, 2.05) is 13.8 Å². The molecule has 0 bridgehead atoms. The van der Waals surface area contributed by atoms with E-state index in [0.29, 0.717) is 19.7 Å². The van der Waals surface area contributed by atoms with Gasteiger partial charge >= 0.3 is 0 Å². The van der Waals surface area contributed by atoms with E-state index in [1.165, 1.54) is 5.01 Å². The Balaban J connectivity index is 2.65. The summed E-state index contributed by atoms with van der Waals surface area (Å²) < 4.78 is 27.7. The molecule has 0 spiro atoms. The van der Waals surface area contributed by atoms with E-state index < -0.39 is 15.3 Å². The van der Waals surface area contributed by atoms with Crippen molar-refractivity contribution in [2.45, 2.75) is 13.8 Å². The van der Waals surface area contributed by atoms with Crippen molar-refractivity contribution < 1.29 is 17.9 Å². The second-order valence-electron chi connectivity index (χ2n) is 5.25. The molecule has 0 N–H and O–H groups in total. The Bertz CT molecular complexity index is 391. The molecule has 1 rings (SSSR count). The van der Waals surface area contributed by atoms with Crippen molar-refractivity contribution in [3.63, 3.8) is 0 Å². The number of hydrogen-bond acceptors (Lipinski definition) is 5. The molecule has 0 aromatic rings. The zero-order valence-corrected chi connectivity index (χ0v) is 12.3. The number of carbonyl (C=O) groups is 1. The van der Waals surface area contributed by atoms with Gasteiger partial charge in [-0.15, -0.1) is 0 Å². The van der Waals surface area contributed by atoms with Gasteiger partial charge in [0.1, 0.15) is 0 Å². The van der Waals surface area contributed by atoms with E-state index in [4.69, 9.17) is 4.74 Å². The molecule has 1 fully saturated rings. The lowest BCUT2D eigenvalue weighted by Gasteiger charge is -2.38. The minimum absolute atomic E-state index is 0.0661. The molecule has 1 aliphatic heterocycles. The molecule has 0 unspecified atom stereocenters. The molecule has 6 nitrogen and oxygen atoms in total. The Hall–Kier alpha value is -0.660. The zero-order valence-electron chi connectivity index (χ0n) is 11.5. The van der Waals surface area contributed by atoms with Crippen LogP contribution in [-0.4, -0.2) is 69.7 Å². The van der Waals surface area contributed by atoms with Gasteiger partial charge in [-0.05, 0) is 13.8 Å². The molecule has 1 saturated heterocycles. The van der Waals surface area contributed by atoms with Crippen molar-refractivity contribution in [3.05, 3.63) is 0 Å². The fourth-order valence-corrected chi connectivity index (χ4v) is 3.17. The lowest BCUT2D eigenvalue weighted by atomic mass is 9.93. The monoisotopic (exact) mass is 278 g/mol. The number of nitrogens with zero attached hydrogens (tertiary/aromatic N) is 2. The lowest BCUT2D eigenvalue weighted by molar-refractivity contribution is -0.157. The van der Waals surface area contributed by atoms with Gasteiger partial charge in [0.2, 0.25) is 5.91 Å². The molecule has 0 radical (unpaired) electrons. The highest BCUT2D eigenvalue weighted by molar-refractivity contribution is 7.91. The third-order valence-corrected chi connectivity index (χ3v) is 4.73. The maximum atomic E-state index is 12.3. The fraction of sp³-hybridized carbons (Fsp3) is 0.909.